The van der Waals surface area contributed by atoms with E-state index in [1.54, 1.807) is 20.5 Å². The average molecular weight is 213 g/mol. The van der Waals surface area contributed by atoms with Crippen molar-refractivity contribution in [1.82, 2.24) is 14.8 Å². The van der Waals surface area contributed by atoms with Gasteiger partial charge in [0.25, 0.3) is 0 Å². The van der Waals surface area contributed by atoms with Crippen LogP contribution in [0, 0.1) is 0 Å². The van der Waals surface area contributed by atoms with Gasteiger partial charge < -0.3 is 14.0 Å². The number of methoxy groups -OCH3 is 2. The van der Waals surface area contributed by atoms with E-state index in [0.29, 0.717) is 6.61 Å². The smallest absolute Gasteiger partial charge is 0.135 e. The minimum Gasteiger partial charge on any atom is -0.383 e. The number of aromatic nitrogens is 3. The predicted molar refractivity (Wildman–Crippen MR) is 56.7 cm³/mol. The molecule has 0 aliphatic heterocycles. The number of rotatable bonds is 6. The summed E-state index contributed by atoms with van der Waals surface area (Å²) in [4.78, 5) is 0. The molecule has 1 aromatic rings. The Balaban J connectivity index is 2.64. The van der Waals surface area contributed by atoms with Crippen LogP contribution in [0.1, 0.15) is 19.7 Å². The zero-order chi connectivity index (χ0) is 11.3. The maximum atomic E-state index is 5.36. The minimum absolute atomic E-state index is 0.210. The molecule has 86 valence electrons. The zero-order valence-corrected chi connectivity index (χ0v) is 9.86. The molecule has 1 rings (SSSR count). The van der Waals surface area contributed by atoms with Crippen LogP contribution in [0.5, 0.6) is 0 Å². The minimum atomic E-state index is -0.210. The van der Waals surface area contributed by atoms with Crippen molar-refractivity contribution in [3.63, 3.8) is 0 Å². The monoisotopic (exact) mass is 213 g/mol. The van der Waals surface area contributed by atoms with Gasteiger partial charge in [0.15, 0.2) is 0 Å². The molecule has 0 atom stereocenters. The molecule has 0 aliphatic rings. The fourth-order valence-electron chi connectivity index (χ4n) is 1.25. The molecule has 5 nitrogen and oxygen atoms in total. The highest BCUT2D eigenvalue weighted by Gasteiger charge is 2.20. The van der Waals surface area contributed by atoms with Gasteiger partial charge in [0.05, 0.1) is 12.2 Å². The summed E-state index contributed by atoms with van der Waals surface area (Å²) >= 11 is 0. The maximum Gasteiger partial charge on any atom is 0.135 e. The van der Waals surface area contributed by atoms with E-state index < -0.39 is 0 Å². The van der Waals surface area contributed by atoms with Crippen LogP contribution in [-0.4, -0.2) is 41.2 Å². The summed E-state index contributed by atoms with van der Waals surface area (Å²) in [5.41, 5.74) is -0.210. The van der Waals surface area contributed by atoms with Crippen LogP contribution >= 0.6 is 0 Å². The Morgan fingerprint density at radius 1 is 1.40 bits per heavy atom. The molecule has 1 aromatic heterocycles. The Labute approximate surface area is 90.4 Å². The highest BCUT2D eigenvalue weighted by Crippen LogP contribution is 2.14. The SMILES string of the molecule is COCCn1cnnc1CC(C)(C)OC. The fraction of sp³-hybridized carbons (Fsp3) is 0.800. The van der Waals surface area contributed by atoms with Gasteiger partial charge in [-0.25, -0.2) is 0 Å². The summed E-state index contributed by atoms with van der Waals surface area (Å²) in [6, 6.07) is 0. The topological polar surface area (TPSA) is 49.2 Å². The molecule has 0 bridgehead atoms. The van der Waals surface area contributed by atoms with Crippen molar-refractivity contribution in [3.05, 3.63) is 12.2 Å². The van der Waals surface area contributed by atoms with Gasteiger partial charge in [-0.1, -0.05) is 0 Å². The van der Waals surface area contributed by atoms with E-state index in [1.807, 2.05) is 18.4 Å². The van der Waals surface area contributed by atoms with Gasteiger partial charge in [0.1, 0.15) is 12.2 Å². The van der Waals surface area contributed by atoms with E-state index in [-0.39, 0.29) is 5.60 Å². The van der Waals surface area contributed by atoms with Crippen molar-refractivity contribution in [3.8, 4) is 0 Å². The maximum absolute atomic E-state index is 5.36. The molecule has 0 spiro atoms. The van der Waals surface area contributed by atoms with Crippen LogP contribution in [0.3, 0.4) is 0 Å². The number of ether oxygens (including phenoxy) is 2. The first-order valence-corrected chi connectivity index (χ1v) is 5.00. The first-order chi connectivity index (χ1) is 7.09. The Hall–Kier alpha value is -0.940. The third-order valence-corrected chi connectivity index (χ3v) is 2.37. The van der Waals surface area contributed by atoms with Gasteiger partial charge in [0, 0.05) is 27.2 Å². The first kappa shape index (κ1) is 12.1. The van der Waals surface area contributed by atoms with Gasteiger partial charge in [-0.15, -0.1) is 10.2 Å². The standard InChI is InChI=1S/C10H19N3O2/c1-10(2,15-4)7-9-12-11-8-13(9)5-6-14-3/h8H,5-7H2,1-4H3. The van der Waals surface area contributed by atoms with Crippen molar-refractivity contribution < 1.29 is 9.47 Å². The fourth-order valence-corrected chi connectivity index (χ4v) is 1.25. The number of nitrogens with zero attached hydrogens (tertiary/aromatic N) is 3. The summed E-state index contributed by atoms with van der Waals surface area (Å²) in [5.74, 6) is 0.930. The molecule has 0 unspecified atom stereocenters. The lowest BCUT2D eigenvalue weighted by atomic mass is 10.1. The second-order valence-corrected chi connectivity index (χ2v) is 4.07. The molecule has 0 saturated carbocycles. The molecule has 0 aliphatic carbocycles. The number of hydrogen-bond donors (Lipinski definition) is 0. The lowest BCUT2D eigenvalue weighted by Gasteiger charge is -2.22. The van der Waals surface area contributed by atoms with Crippen LogP contribution in [0.15, 0.2) is 6.33 Å². The summed E-state index contributed by atoms with van der Waals surface area (Å²) in [7, 11) is 3.39. The second-order valence-electron chi connectivity index (χ2n) is 4.07. The van der Waals surface area contributed by atoms with Crippen molar-refractivity contribution in [2.24, 2.45) is 0 Å². The lowest BCUT2D eigenvalue weighted by molar-refractivity contribution is 0.0206. The van der Waals surface area contributed by atoms with Gasteiger partial charge in [0.2, 0.25) is 0 Å². The van der Waals surface area contributed by atoms with E-state index in [1.165, 1.54) is 0 Å². The predicted octanol–water partition coefficient (Wildman–Crippen LogP) is 0.892. The van der Waals surface area contributed by atoms with Gasteiger partial charge >= 0.3 is 0 Å². The van der Waals surface area contributed by atoms with Crippen LogP contribution in [-0.2, 0) is 22.4 Å². The van der Waals surface area contributed by atoms with Crippen LogP contribution < -0.4 is 0 Å². The van der Waals surface area contributed by atoms with E-state index in [9.17, 15) is 0 Å². The van der Waals surface area contributed by atoms with E-state index in [4.69, 9.17) is 9.47 Å². The van der Waals surface area contributed by atoms with E-state index in [0.717, 1.165) is 18.8 Å². The normalized spacial score (nSPS) is 12.0. The third-order valence-electron chi connectivity index (χ3n) is 2.37. The zero-order valence-electron chi connectivity index (χ0n) is 9.86. The Bertz CT molecular complexity index is 297. The summed E-state index contributed by atoms with van der Waals surface area (Å²) in [6.45, 7) is 5.50. The molecule has 15 heavy (non-hydrogen) atoms. The van der Waals surface area contributed by atoms with Crippen LogP contribution in [0.4, 0.5) is 0 Å². The lowest BCUT2D eigenvalue weighted by Crippen LogP contribution is -2.27. The summed E-state index contributed by atoms with van der Waals surface area (Å²) < 4.78 is 12.4. The first-order valence-electron chi connectivity index (χ1n) is 5.00. The Morgan fingerprint density at radius 2 is 2.13 bits per heavy atom. The highest BCUT2D eigenvalue weighted by atomic mass is 16.5. The highest BCUT2D eigenvalue weighted by molar-refractivity contribution is 4.92. The van der Waals surface area contributed by atoms with Gasteiger partial charge in [-0.3, -0.25) is 0 Å². The molecule has 5 heteroatoms. The number of hydrogen-bond acceptors (Lipinski definition) is 4. The summed E-state index contributed by atoms with van der Waals surface area (Å²) in [5, 5.41) is 7.97. The second kappa shape index (κ2) is 5.23. The molecule has 0 N–H and O–H groups in total. The van der Waals surface area contributed by atoms with Crippen LogP contribution in [0.25, 0.3) is 0 Å². The van der Waals surface area contributed by atoms with Crippen molar-refractivity contribution in [1.29, 1.82) is 0 Å². The van der Waals surface area contributed by atoms with Gasteiger partial charge in [-0.05, 0) is 13.8 Å². The van der Waals surface area contributed by atoms with Gasteiger partial charge in [-0.2, -0.15) is 0 Å². The molecular weight excluding hydrogens is 194 g/mol. The average Bonchev–Trinajstić information content (AvgIpc) is 2.62. The quantitative estimate of drug-likeness (QED) is 0.704. The molecule has 0 amide bonds. The molecule has 0 radical (unpaired) electrons. The summed E-state index contributed by atoms with van der Waals surface area (Å²) in [6.07, 6.45) is 2.47. The molecular formula is C10H19N3O2. The van der Waals surface area contributed by atoms with Crippen molar-refractivity contribution >= 4 is 0 Å². The van der Waals surface area contributed by atoms with Crippen LogP contribution in [0.2, 0.25) is 0 Å². The molecule has 0 aromatic carbocycles. The molecule has 1 heterocycles. The molecule has 0 saturated heterocycles. The largest absolute Gasteiger partial charge is 0.383 e. The molecule has 0 fully saturated rings. The Kier molecular flexibility index (Phi) is 4.23. The Morgan fingerprint density at radius 3 is 2.73 bits per heavy atom. The van der Waals surface area contributed by atoms with E-state index in [2.05, 4.69) is 10.2 Å². The van der Waals surface area contributed by atoms with Crippen molar-refractivity contribution in [2.75, 3.05) is 20.8 Å². The van der Waals surface area contributed by atoms with E-state index >= 15 is 0 Å². The van der Waals surface area contributed by atoms with Crippen molar-refractivity contribution in [2.45, 2.75) is 32.4 Å². The third kappa shape index (κ3) is 3.60.